The maximum atomic E-state index is 10.5. The molecule has 3 amide bonds. The largest absolute Gasteiger partial charge is 1.00 e. The van der Waals surface area contributed by atoms with Crippen molar-refractivity contribution in [1.82, 2.24) is 10.6 Å². The Balaban J connectivity index is -0.000000124. The molecule has 116 valence electrons. The molecule has 9 heteroatoms. The minimum atomic E-state index is -1.23. The zero-order chi connectivity index (χ0) is 17.3. The summed E-state index contributed by atoms with van der Waals surface area (Å²) >= 11 is 0. The fourth-order valence-corrected chi connectivity index (χ4v) is 0.363. The van der Waals surface area contributed by atoms with E-state index in [-0.39, 0.29) is 48.0 Å². The van der Waals surface area contributed by atoms with Gasteiger partial charge in [0, 0.05) is 0 Å². The predicted octanol–water partition coefficient (Wildman–Crippen LogP) is -4.87. The molecule has 0 saturated carbocycles. The first-order valence-corrected chi connectivity index (χ1v) is 5.30. The smallest absolute Gasteiger partial charge is 0.545 e. The Morgan fingerprint density at radius 1 is 0.864 bits per heavy atom. The van der Waals surface area contributed by atoms with Gasteiger partial charge in [0.2, 0.25) is 17.7 Å². The summed E-state index contributed by atoms with van der Waals surface area (Å²) in [5.41, 5.74) is 4.53. The Morgan fingerprint density at radius 2 is 1.14 bits per heavy atom. The van der Waals surface area contributed by atoms with Crippen molar-refractivity contribution in [3.63, 3.8) is 0 Å². The van der Waals surface area contributed by atoms with Crippen molar-refractivity contribution in [1.29, 1.82) is 0 Å². The molecule has 0 unspecified atom stereocenters. The molecule has 0 radical (unpaired) electrons. The quantitative estimate of drug-likeness (QED) is 0.256. The zero-order valence-electron chi connectivity index (χ0n) is 12.5. The van der Waals surface area contributed by atoms with E-state index in [9.17, 15) is 14.4 Å². The minimum Gasteiger partial charge on any atom is -0.545 e. The minimum absolute atomic E-state index is 0. The number of primary amides is 1. The first kappa shape index (κ1) is 28.1. The molecule has 0 atom stereocenters. The summed E-state index contributed by atoms with van der Waals surface area (Å²) in [7, 11) is 0. The van der Waals surface area contributed by atoms with Gasteiger partial charge in [-0.3, -0.25) is 14.4 Å². The molecule has 0 aromatic carbocycles. The Morgan fingerprint density at radius 3 is 1.27 bits per heavy atom. The van der Waals surface area contributed by atoms with Crippen LogP contribution in [0.3, 0.4) is 0 Å². The Hall–Kier alpha value is -2.16. The van der Waals surface area contributed by atoms with E-state index in [1.807, 2.05) is 0 Å². The van der Waals surface area contributed by atoms with Gasteiger partial charge in [0.25, 0.3) is 0 Å². The number of aliphatic carboxylic acids is 1. The maximum absolute atomic E-state index is 10.5. The fourth-order valence-electron chi connectivity index (χ4n) is 0.363. The second kappa shape index (κ2) is 21.1. The molecule has 0 heterocycles. The third-order valence-corrected chi connectivity index (χ3v) is 1.26. The van der Waals surface area contributed by atoms with E-state index in [2.05, 4.69) is 42.7 Å². The van der Waals surface area contributed by atoms with Crippen LogP contribution in [0.1, 0.15) is 0 Å². The van der Waals surface area contributed by atoms with E-state index in [1.54, 1.807) is 0 Å². The third-order valence-electron chi connectivity index (χ3n) is 1.26. The van der Waals surface area contributed by atoms with Crippen LogP contribution in [0.15, 0.2) is 50.6 Å². The van der Waals surface area contributed by atoms with Gasteiger partial charge in [0.15, 0.2) is 0 Å². The molecule has 4 N–H and O–H groups in total. The number of nitrogens with one attached hydrogen (secondary N) is 2. The molecule has 8 nitrogen and oxygen atoms in total. The number of carboxylic acid groups (broad SMARTS) is 1. The van der Waals surface area contributed by atoms with Crippen LogP contribution < -0.4 is 51.0 Å². The molecule has 0 aliphatic heterocycles. The second-order valence-corrected chi connectivity index (χ2v) is 2.80. The molecule has 0 aromatic rings. The molecular formula is C13H18N3NaO5. The number of rotatable bonds is 6. The van der Waals surface area contributed by atoms with Gasteiger partial charge in [-0.2, -0.15) is 0 Å². The van der Waals surface area contributed by atoms with Crippen molar-refractivity contribution in [3.05, 3.63) is 50.6 Å². The normalized spacial score (nSPS) is 6.91. The number of carbonyl (C=O) groups excluding carboxylic acids is 4. The van der Waals surface area contributed by atoms with Gasteiger partial charge in [-0.05, 0) is 24.3 Å². The van der Waals surface area contributed by atoms with Crippen LogP contribution in [0.25, 0.3) is 0 Å². The third kappa shape index (κ3) is 36.1. The van der Waals surface area contributed by atoms with Crippen molar-refractivity contribution in [2.45, 2.75) is 0 Å². The molecule has 0 aliphatic rings. The van der Waals surface area contributed by atoms with E-state index in [1.165, 1.54) is 0 Å². The van der Waals surface area contributed by atoms with Gasteiger partial charge in [-0.25, -0.2) is 0 Å². The fraction of sp³-hybridized carbons (Fsp3) is 0.0769. The first-order chi connectivity index (χ1) is 9.74. The van der Waals surface area contributed by atoms with Crippen LogP contribution in [-0.2, 0) is 19.2 Å². The topological polar surface area (TPSA) is 141 Å². The summed E-state index contributed by atoms with van der Waals surface area (Å²) in [4.78, 5) is 39.6. The maximum Gasteiger partial charge on any atom is 1.00 e. The summed E-state index contributed by atoms with van der Waals surface area (Å²) in [5, 5.41) is 13.9. The molecule has 0 aromatic heterocycles. The molecule has 0 saturated heterocycles. The van der Waals surface area contributed by atoms with Crippen molar-refractivity contribution in [3.8, 4) is 0 Å². The van der Waals surface area contributed by atoms with Gasteiger partial charge in [-0.15, -0.1) is 0 Å². The number of hydrogen-bond donors (Lipinski definition) is 3. The zero-order valence-corrected chi connectivity index (χ0v) is 14.5. The van der Waals surface area contributed by atoms with Crippen LogP contribution in [0.5, 0.6) is 0 Å². The monoisotopic (exact) mass is 319 g/mol. The van der Waals surface area contributed by atoms with Crippen LogP contribution >= 0.6 is 0 Å². The first-order valence-electron chi connectivity index (χ1n) is 5.30. The second-order valence-electron chi connectivity index (χ2n) is 2.80. The van der Waals surface area contributed by atoms with Gasteiger partial charge >= 0.3 is 29.6 Å². The van der Waals surface area contributed by atoms with Crippen LogP contribution in [0.4, 0.5) is 0 Å². The summed E-state index contributed by atoms with van der Waals surface area (Å²) in [6.07, 6.45) is 4.03. The number of amides is 3. The molecule has 22 heavy (non-hydrogen) atoms. The number of carboxylic acids is 1. The Labute approximate surface area is 151 Å². The van der Waals surface area contributed by atoms with Crippen LogP contribution in [-0.4, -0.2) is 30.4 Å². The molecular weight excluding hydrogens is 301 g/mol. The Bertz CT molecular complexity index is 384. The van der Waals surface area contributed by atoms with Crippen molar-refractivity contribution < 1.29 is 53.8 Å². The average Bonchev–Trinajstić information content (AvgIpc) is 2.47. The van der Waals surface area contributed by atoms with Gasteiger partial charge < -0.3 is 26.3 Å². The van der Waals surface area contributed by atoms with Gasteiger partial charge in [-0.1, -0.05) is 26.3 Å². The van der Waals surface area contributed by atoms with Gasteiger partial charge in [0.05, 0.1) is 12.6 Å². The van der Waals surface area contributed by atoms with E-state index in [4.69, 9.17) is 9.90 Å². The van der Waals surface area contributed by atoms with Crippen molar-refractivity contribution >= 4 is 23.7 Å². The predicted molar refractivity (Wildman–Crippen MR) is 76.1 cm³/mol. The average molecular weight is 319 g/mol. The van der Waals surface area contributed by atoms with Gasteiger partial charge in [0.1, 0.15) is 0 Å². The molecule has 0 bridgehead atoms. The van der Waals surface area contributed by atoms with E-state index in [0.717, 1.165) is 24.3 Å². The standard InChI is InChI=1S/C7H10N2O2.C3H5NO.C3H4O2.Na/c1-3-6(10)8-5-9-7(11)4-2;2*1-2-3(4)5;/h3-4H,1-2,5H2,(H,8,10)(H,9,11);2H,1H2,(H2,4,5);2H,1H2,(H,4,5);/q;;;+1/p-1. The molecule has 0 rings (SSSR count). The number of hydrogen-bond acceptors (Lipinski definition) is 5. The molecule has 0 aliphatic carbocycles. The van der Waals surface area contributed by atoms with Crippen molar-refractivity contribution in [2.24, 2.45) is 5.73 Å². The van der Waals surface area contributed by atoms with E-state index in [0.29, 0.717) is 0 Å². The number of nitrogens with two attached hydrogens (primary N) is 1. The van der Waals surface area contributed by atoms with Crippen molar-refractivity contribution in [2.75, 3.05) is 6.67 Å². The van der Waals surface area contributed by atoms with Crippen LogP contribution in [0, 0.1) is 0 Å². The summed E-state index contributed by atoms with van der Waals surface area (Å²) < 4.78 is 0. The SMILES string of the molecule is C=CC(=O)NCNC(=O)C=C.C=CC(=O)[O-].C=CC(N)=O.[Na+]. The summed E-state index contributed by atoms with van der Waals surface area (Å²) in [5.74, 6) is -2.36. The van der Waals surface area contributed by atoms with E-state index >= 15 is 0 Å². The molecule has 0 fully saturated rings. The van der Waals surface area contributed by atoms with Crippen LogP contribution in [0.2, 0.25) is 0 Å². The number of carbonyl (C=O) groups is 4. The summed E-state index contributed by atoms with van der Waals surface area (Å²) in [6.45, 7) is 12.5. The Kier molecular flexibility index (Phi) is 27.0. The summed E-state index contributed by atoms with van der Waals surface area (Å²) in [6, 6.07) is 0. The molecule has 0 spiro atoms. The van der Waals surface area contributed by atoms with E-state index < -0.39 is 11.9 Å².